The van der Waals surface area contributed by atoms with Gasteiger partial charge in [0.2, 0.25) is 0 Å². The van der Waals surface area contributed by atoms with Crippen LogP contribution in [0, 0.1) is 0 Å². The summed E-state index contributed by atoms with van der Waals surface area (Å²) in [6, 6.07) is 15.5. The Hall–Kier alpha value is -2.37. The normalized spacial score (nSPS) is 10.6. The van der Waals surface area contributed by atoms with Gasteiger partial charge in [-0.2, -0.15) is 0 Å². The molecule has 0 saturated heterocycles. The summed E-state index contributed by atoms with van der Waals surface area (Å²) in [5, 5.41) is 18.1. The second kappa shape index (κ2) is 12.1. The summed E-state index contributed by atoms with van der Waals surface area (Å²) in [4.78, 5) is 13.6. The van der Waals surface area contributed by atoms with E-state index in [-0.39, 0.29) is 13.2 Å². The number of ether oxygens (including phenoxy) is 1. The Kier molecular flexibility index (Phi) is 9.38. The molecule has 2 N–H and O–H groups in total. The Bertz CT molecular complexity index is 665. The number of aliphatic hydroxyl groups is 2. The summed E-state index contributed by atoms with van der Waals surface area (Å²) < 4.78 is 5.92. The molecule has 2 aromatic carbocycles. The molecule has 5 nitrogen and oxygen atoms in total. The van der Waals surface area contributed by atoms with E-state index < -0.39 is 0 Å². The summed E-state index contributed by atoms with van der Waals surface area (Å²) in [6.07, 6.45) is 4.07. The Balaban J connectivity index is 2.13. The van der Waals surface area contributed by atoms with Crippen LogP contribution in [0.25, 0.3) is 0 Å². The lowest BCUT2D eigenvalue weighted by Crippen LogP contribution is -2.26. The van der Waals surface area contributed by atoms with Crippen molar-refractivity contribution in [3.63, 3.8) is 0 Å². The van der Waals surface area contributed by atoms with Crippen LogP contribution >= 0.6 is 0 Å². The van der Waals surface area contributed by atoms with Crippen LogP contribution in [-0.4, -0.2) is 42.8 Å². The molecule has 5 heteroatoms. The highest BCUT2D eigenvalue weighted by atomic mass is 16.5. The minimum atomic E-state index is 0.181. The number of carbonyl (C=O) groups excluding carboxylic acids is 1. The zero-order valence-corrected chi connectivity index (χ0v) is 15.7. The lowest BCUT2D eigenvalue weighted by molar-refractivity contribution is 0.111. The second-order valence-corrected chi connectivity index (χ2v) is 6.46. The first kappa shape index (κ1) is 20.9. The highest BCUT2D eigenvalue weighted by Crippen LogP contribution is 2.26. The van der Waals surface area contributed by atoms with Gasteiger partial charge in [0.1, 0.15) is 12.4 Å². The molecular weight excluding hydrogens is 342 g/mol. The van der Waals surface area contributed by atoms with Gasteiger partial charge in [0.05, 0.1) is 5.56 Å². The fourth-order valence-electron chi connectivity index (χ4n) is 2.88. The Labute approximate surface area is 161 Å². The van der Waals surface area contributed by atoms with E-state index in [1.807, 2.05) is 42.5 Å². The number of nitrogens with zero attached hydrogens (tertiary/aromatic N) is 1. The number of rotatable bonds is 13. The molecule has 0 aliphatic rings. The van der Waals surface area contributed by atoms with Crippen LogP contribution in [0.1, 0.15) is 41.6 Å². The summed E-state index contributed by atoms with van der Waals surface area (Å²) in [5.74, 6) is 0.570. The van der Waals surface area contributed by atoms with E-state index in [4.69, 9.17) is 14.9 Å². The molecule has 0 aliphatic heterocycles. The fraction of sp³-hybridized carbons (Fsp3) is 0.409. The van der Waals surface area contributed by atoms with Crippen molar-refractivity contribution in [2.45, 2.75) is 32.3 Å². The van der Waals surface area contributed by atoms with Gasteiger partial charge in [0.15, 0.2) is 6.29 Å². The number of aliphatic hydroxyl groups excluding tert-OH is 2. The van der Waals surface area contributed by atoms with Gasteiger partial charge in [-0.3, -0.25) is 4.79 Å². The number of aldehydes is 1. The highest BCUT2D eigenvalue weighted by molar-refractivity contribution is 5.80. The minimum absolute atomic E-state index is 0.181. The van der Waals surface area contributed by atoms with E-state index in [2.05, 4.69) is 4.90 Å². The van der Waals surface area contributed by atoms with Crippen LogP contribution in [-0.2, 0) is 6.61 Å². The lowest BCUT2D eigenvalue weighted by Gasteiger charge is -2.25. The molecular formula is C22H29NO4. The predicted molar refractivity (Wildman–Crippen MR) is 107 cm³/mol. The summed E-state index contributed by atoms with van der Waals surface area (Å²) >= 11 is 0. The van der Waals surface area contributed by atoms with Crippen molar-refractivity contribution >= 4 is 12.0 Å². The number of carbonyl (C=O) groups is 1. The second-order valence-electron chi connectivity index (χ2n) is 6.46. The number of hydrogen-bond acceptors (Lipinski definition) is 5. The van der Waals surface area contributed by atoms with Crippen molar-refractivity contribution in [2.24, 2.45) is 0 Å². The topological polar surface area (TPSA) is 70.0 Å². The summed E-state index contributed by atoms with van der Waals surface area (Å²) in [6.45, 7) is 2.38. The van der Waals surface area contributed by atoms with Gasteiger partial charge in [-0.25, -0.2) is 0 Å². The zero-order valence-electron chi connectivity index (χ0n) is 15.7. The highest BCUT2D eigenvalue weighted by Gasteiger charge is 2.11. The average Bonchev–Trinajstić information content (AvgIpc) is 2.72. The molecule has 0 fully saturated rings. The van der Waals surface area contributed by atoms with Crippen LogP contribution in [0.4, 0.5) is 5.69 Å². The molecule has 0 unspecified atom stereocenters. The van der Waals surface area contributed by atoms with Gasteiger partial charge in [-0.1, -0.05) is 30.3 Å². The summed E-state index contributed by atoms with van der Waals surface area (Å²) in [5.41, 5.74) is 2.56. The number of anilines is 1. The Morgan fingerprint density at radius 3 is 2.15 bits per heavy atom. The quantitative estimate of drug-likeness (QED) is 0.417. The number of benzene rings is 2. The van der Waals surface area contributed by atoms with Gasteiger partial charge in [-0.15, -0.1) is 0 Å². The van der Waals surface area contributed by atoms with Crippen molar-refractivity contribution in [2.75, 3.05) is 31.2 Å². The number of unbranched alkanes of at least 4 members (excludes halogenated alkanes) is 2. The maximum Gasteiger partial charge on any atom is 0.153 e. The van der Waals surface area contributed by atoms with Crippen LogP contribution in [0.3, 0.4) is 0 Å². The molecule has 0 aromatic heterocycles. The van der Waals surface area contributed by atoms with E-state index in [1.54, 1.807) is 6.07 Å². The van der Waals surface area contributed by atoms with Gasteiger partial charge in [-0.05, 0) is 43.4 Å². The van der Waals surface area contributed by atoms with Gasteiger partial charge in [0, 0.05) is 38.1 Å². The third-order valence-corrected chi connectivity index (χ3v) is 4.40. The SMILES string of the molecule is O=Cc1ccc(N(CCCCO)CCCCO)cc1OCc1ccccc1. The molecule has 0 radical (unpaired) electrons. The van der Waals surface area contributed by atoms with E-state index in [0.717, 1.165) is 56.3 Å². The van der Waals surface area contributed by atoms with Crippen molar-refractivity contribution in [1.29, 1.82) is 0 Å². The molecule has 27 heavy (non-hydrogen) atoms. The Morgan fingerprint density at radius 1 is 0.889 bits per heavy atom. The van der Waals surface area contributed by atoms with Crippen molar-refractivity contribution in [1.82, 2.24) is 0 Å². The lowest BCUT2D eigenvalue weighted by atomic mass is 10.1. The average molecular weight is 371 g/mol. The standard InChI is InChI=1S/C22H29NO4/c24-14-6-4-12-23(13-5-7-15-25)21-11-10-20(17-26)22(16-21)27-18-19-8-2-1-3-9-19/h1-3,8-11,16-17,24-25H,4-7,12-15,18H2. The fourth-order valence-corrected chi connectivity index (χ4v) is 2.88. The first-order valence-corrected chi connectivity index (χ1v) is 9.51. The summed E-state index contributed by atoms with van der Waals surface area (Å²) in [7, 11) is 0. The molecule has 0 saturated carbocycles. The molecule has 2 aromatic rings. The van der Waals surface area contributed by atoms with Crippen LogP contribution in [0.2, 0.25) is 0 Å². The van der Waals surface area contributed by atoms with Crippen LogP contribution < -0.4 is 9.64 Å². The Morgan fingerprint density at radius 2 is 1.56 bits per heavy atom. The molecule has 2 rings (SSSR count). The largest absolute Gasteiger partial charge is 0.488 e. The van der Waals surface area contributed by atoms with Gasteiger partial charge < -0.3 is 19.8 Å². The molecule has 0 aliphatic carbocycles. The molecule has 0 amide bonds. The van der Waals surface area contributed by atoms with Gasteiger partial charge >= 0.3 is 0 Å². The molecule has 0 atom stereocenters. The molecule has 0 heterocycles. The predicted octanol–water partition coefficient (Wildman–Crippen LogP) is 3.43. The van der Waals surface area contributed by atoms with Crippen molar-refractivity contribution in [3.8, 4) is 5.75 Å². The van der Waals surface area contributed by atoms with Crippen molar-refractivity contribution in [3.05, 3.63) is 59.7 Å². The van der Waals surface area contributed by atoms with E-state index >= 15 is 0 Å². The maximum atomic E-state index is 11.4. The first-order chi connectivity index (χ1) is 13.3. The van der Waals surface area contributed by atoms with Crippen molar-refractivity contribution < 1.29 is 19.7 Å². The van der Waals surface area contributed by atoms with E-state index in [0.29, 0.717) is 17.9 Å². The van der Waals surface area contributed by atoms with Crippen LogP contribution in [0.5, 0.6) is 5.75 Å². The van der Waals surface area contributed by atoms with Crippen LogP contribution in [0.15, 0.2) is 48.5 Å². The maximum absolute atomic E-state index is 11.4. The number of hydrogen-bond donors (Lipinski definition) is 2. The van der Waals surface area contributed by atoms with E-state index in [9.17, 15) is 4.79 Å². The third kappa shape index (κ3) is 7.04. The third-order valence-electron chi connectivity index (χ3n) is 4.40. The smallest absolute Gasteiger partial charge is 0.153 e. The first-order valence-electron chi connectivity index (χ1n) is 9.51. The molecule has 146 valence electrons. The molecule has 0 spiro atoms. The zero-order chi connectivity index (χ0) is 19.3. The minimum Gasteiger partial charge on any atom is -0.488 e. The van der Waals surface area contributed by atoms with E-state index in [1.165, 1.54) is 0 Å². The van der Waals surface area contributed by atoms with Gasteiger partial charge in [0.25, 0.3) is 0 Å². The monoisotopic (exact) mass is 371 g/mol. The molecule has 0 bridgehead atoms.